The molecule has 3 N–H and O–H groups in total. The van der Waals surface area contributed by atoms with Gasteiger partial charge in [0.25, 0.3) is 0 Å². The number of carbonyl (C=O) groups is 4. The lowest BCUT2D eigenvalue weighted by Crippen LogP contribution is -2.37. The van der Waals surface area contributed by atoms with Gasteiger partial charge in [-0.05, 0) is 84.5 Å². The fourth-order valence-electron chi connectivity index (χ4n) is 3.68. The lowest BCUT2D eigenvalue weighted by molar-refractivity contribution is -0.149. The van der Waals surface area contributed by atoms with Gasteiger partial charge in [0.1, 0.15) is 11.8 Å². The Morgan fingerprint density at radius 2 is 1.29 bits per heavy atom. The van der Waals surface area contributed by atoms with Crippen molar-refractivity contribution in [3.63, 3.8) is 0 Å². The van der Waals surface area contributed by atoms with E-state index in [4.69, 9.17) is 19.9 Å². The molecule has 0 bridgehead atoms. The van der Waals surface area contributed by atoms with Gasteiger partial charge in [-0.25, -0.2) is 4.79 Å². The maximum absolute atomic E-state index is 11.5. The predicted octanol–water partition coefficient (Wildman–Crippen LogP) is 4.10. The number of hydrogen-bond donors (Lipinski definition) is 2. The lowest BCUT2D eigenvalue weighted by Gasteiger charge is -2.19. The van der Waals surface area contributed by atoms with Gasteiger partial charge in [-0.15, -0.1) is 0 Å². The smallest absolute Gasteiger partial charge is 0.347 e. The first-order chi connectivity index (χ1) is 19.9. The van der Waals surface area contributed by atoms with Crippen molar-refractivity contribution < 1.29 is 42.9 Å². The molecule has 242 valence electrons. The molecule has 0 aromatic heterocycles. The Morgan fingerprint density at radius 1 is 0.786 bits per heavy atom. The Kier molecular flexibility index (Phi) is 24.9. The van der Waals surface area contributed by atoms with Crippen molar-refractivity contribution in [2.45, 2.75) is 99.1 Å². The van der Waals surface area contributed by atoms with Crippen LogP contribution in [-0.2, 0) is 38.1 Å². The van der Waals surface area contributed by atoms with Gasteiger partial charge < -0.3 is 34.7 Å². The van der Waals surface area contributed by atoms with E-state index >= 15 is 0 Å². The highest BCUT2D eigenvalue weighted by Crippen LogP contribution is 2.26. The van der Waals surface area contributed by atoms with Crippen molar-refractivity contribution in [1.29, 1.82) is 0 Å². The topological polar surface area (TPSA) is 152 Å². The second-order valence-corrected chi connectivity index (χ2v) is 9.31. The van der Waals surface area contributed by atoms with Gasteiger partial charge in [0.05, 0.1) is 27.4 Å². The molecule has 1 aromatic carbocycles. The number of rotatable bonds is 16. The van der Waals surface area contributed by atoms with E-state index in [9.17, 15) is 19.2 Å². The molecule has 0 saturated carbocycles. The van der Waals surface area contributed by atoms with E-state index in [1.165, 1.54) is 19.8 Å². The monoisotopic (exact) mass is 598 g/mol. The first-order valence-corrected chi connectivity index (χ1v) is 14.6. The normalized spacial score (nSPS) is 11.4. The molecule has 0 aliphatic rings. The van der Waals surface area contributed by atoms with Gasteiger partial charge in [-0.1, -0.05) is 31.5 Å². The number of aryl methyl sites for hydroxylation is 3. The number of nitrogens with one attached hydrogen (secondary N) is 1. The van der Waals surface area contributed by atoms with Crippen LogP contribution in [0.5, 0.6) is 5.75 Å². The summed E-state index contributed by atoms with van der Waals surface area (Å²) in [5, 5.41) is 3.04. The zero-order valence-electron chi connectivity index (χ0n) is 27.1. The highest BCUT2D eigenvalue weighted by Gasteiger charge is 2.20. The zero-order chi connectivity index (χ0) is 32.5. The molecule has 11 heteroatoms. The van der Waals surface area contributed by atoms with E-state index in [1.807, 2.05) is 46.8 Å². The maximum Gasteiger partial charge on any atom is 0.347 e. The van der Waals surface area contributed by atoms with E-state index < -0.39 is 6.10 Å². The molecule has 0 heterocycles. The standard InChI is InChI=1S/C14H20O3.C11H21NO4.C6H13NO2/c1-6-12(14(15)16-5)17-13-10(3)7-9(2)8-11(13)4;1-4-9(11(14)15-3)12-8-6-7-10(13)16-5-2;1-2-9-6(8)4-3-5-7/h7-8,12H,6H2,1-5H3;9,12H,4-8H2,1-3H3;2-5,7H2,1H3/t12-;9-;/m00./s1. The van der Waals surface area contributed by atoms with E-state index in [0.29, 0.717) is 58.4 Å². The van der Waals surface area contributed by atoms with Gasteiger partial charge in [0.15, 0.2) is 6.10 Å². The van der Waals surface area contributed by atoms with Crippen molar-refractivity contribution in [3.8, 4) is 5.75 Å². The van der Waals surface area contributed by atoms with Crippen LogP contribution in [0.25, 0.3) is 0 Å². The molecule has 0 amide bonds. The molecule has 0 unspecified atom stereocenters. The van der Waals surface area contributed by atoms with Gasteiger partial charge in [-0.2, -0.15) is 0 Å². The Morgan fingerprint density at radius 3 is 1.69 bits per heavy atom. The third-order valence-corrected chi connectivity index (χ3v) is 5.74. The molecule has 1 rings (SSSR count). The Labute approximate surface area is 252 Å². The highest BCUT2D eigenvalue weighted by molar-refractivity contribution is 5.75. The number of hydrogen-bond acceptors (Lipinski definition) is 11. The molecular weight excluding hydrogens is 544 g/mol. The Hall–Kier alpha value is -3.18. The summed E-state index contributed by atoms with van der Waals surface area (Å²) < 4.78 is 24.5. The summed E-state index contributed by atoms with van der Waals surface area (Å²) in [4.78, 5) is 44.2. The van der Waals surface area contributed by atoms with Crippen molar-refractivity contribution in [2.75, 3.05) is 40.5 Å². The van der Waals surface area contributed by atoms with Crippen LogP contribution in [0.2, 0.25) is 0 Å². The van der Waals surface area contributed by atoms with Crippen LogP contribution < -0.4 is 15.8 Å². The quantitative estimate of drug-likeness (QED) is 0.161. The molecule has 1 aromatic rings. The fourth-order valence-corrected chi connectivity index (χ4v) is 3.68. The molecule has 0 aliphatic carbocycles. The molecule has 11 nitrogen and oxygen atoms in total. The predicted molar refractivity (Wildman–Crippen MR) is 162 cm³/mol. The van der Waals surface area contributed by atoms with Crippen LogP contribution in [0.4, 0.5) is 0 Å². The second-order valence-electron chi connectivity index (χ2n) is 9.31. The zero-order valence-corrected chi connectivity index (χ0v) is 27.1. The molecule has 0 fully saturated rings. The number of nitrogens with two attached hydrogens (primary N) is 1. The minimum Gasteiger partial charge on any atom is -0.478 e. The first-order valence-electron chi connectivity index (χ1n) is 14.6. The molecule has 0 saturated heterocycles. The third-order valence-electron chi connectivity index (χ3n) is 5.74. The summed E-state index contributed by atoms with van der Waals surface area (Å²) >= 11 is 0. The van der Waals surface area contributed by atoms with Crippen molar-refractivity contribution in [2.24, 2.45) is 5.73 Å². The maximum atomic E-state index is 11.5. The number of methoxy groups -OCH3 is 2. The fraction of sp³-hybridized carbons (Fsp3) is 0.677. The number of ether oxygens (including phenoxy) is 5. The van der Waals surface area contributed by atoms with Gasteiger partial charge in [0.2, 0.25) is 0 Å². The largest absolute Gasteiger partial charge is 0.478 e. The van der Waals surface area contributed by atoms with Crippen molar-refractivity contribution in [3.05, 3.63) is 28.8 Å². The summed E-state index contributed by atoms with van der Waals surface area (Å²) in [6, 6.07) is 3.81. The van der Waals surface area contributed by atoms with E-state index in [0.717, 1.165) is 23.3 Å². The summed E-state index contributed by atoms with van der Waals surface area (Å²) in [5.41, 5.74) is 8.45. The van der Waals surface area contributed by atoms with E-state index in [-0.39, 0.29) is 29.9 Å². The number of benzene rings is 1. The molecule has 0 spiro atoms. The summed E-state index contributed by atoms with van der Waals surface area (Å²) in [7, 11) is 2.74. The summed E-state index contributed by atoms with van der Waals surface area (Å²) in [6.45, 7) is 15.4. The molecule has 0 radical (unpaired) electrons. The van der Waals surface area contributed by atoms with Crippen LogP contribution >= 0.6 is 0 Å². The number of esters is 4. The van der Waals surface area contributed by atoms with Gasteiger partial charge >= 0.3 is 23.9 Å². The van der Waals surface area contributed by atoms with Crippen molar-refractivity contribution >= 4 is 23.9 Å². The molecule has 0 aliphatic heterocycles. The average Bonchev–Trinajstić information content (AvgIpc) is 2.96. The minimum atomic E-state index is -0.528. The van der Waals surface area contributed by atoms with Crippen LogP contribution in [0.3, 0.4) is 0 Å². The van der Waals surface area contributed by atoms with Gasteiger partial charge in [-0.3, -0.25) is 14.4 Å². The van der Waals surface area contributed by atoms with Crippen LogP contribution in [0, 0.1) is 20.8 Å². The lowest BCUT2D eigenvalue weighted by atomic mass is 10.1. The van der Waals surface area contributed by atoms with Crippen LogP contribution in [0.1, 0.15) is 82.9 Å². The Balaban J connectivity index is 0. The van der Waals surface area contributed by atoms with E-state index in [2.05, 4.69) is 14.8 Å². The van der Waals surface area contributed by atoms with Crippen LogP contribution in [0.15, 0.2) is 12.1 Å². The molecular formula is C31H54N2O9. The van der Waals surface area contributed by atoms with E-state index in [1.54, 1.807) is 13.8 Å². The average molecular weight is 599 g/mol. The first kappa shape index (κ1) is 41.0. The molecule has 42 heavy (non-hydrogen) atoms. The SMILES string of the molecule is CCOC(=O)CCCN.CCOC(=O)CCCN[C@@H](CC)C(=O)OC.CC[C@H](Oc1c(C)cc(C)cc1C)C(=O)OC. The second kappa shape index (κ2) is 25.5. The number of carbonyl (C=O) groups excluding carboxylic acids is 4. The van der Waals surface area contributed by atoms with Gasteiger partial charge in [0, 0.05) is 12.8 Å². The third kappa shape index (κ3) is 19.0. The summed E-state index contributed by atoms with van der Waals surface area (Å²) in [6.07, 6.45) is 2.94. The summed E-state index contributed by atoms with van der Waals surface area (Å²) in [5.74, 6) is -0.156. The Bertz CT molecular complexity index is 899. The highest BCUT2D eigenvalue weighted by atomic mass is 16.6. The molecule has 2 atom stereocenters. The minimum absolute atomic E-state index is 0.150. The van der Waals surface area contributed by atoms with Crippen molar-refractivity contribution in [1.82, 2.24) is 5.32 Å². The van der Waals surface area contributed by atoms with Crippen LogP contribution in [-0.4, -0.2) is 76.5 Å².